The third-order valence-corrected chi connectivity index (χ3v) is 5.02. The topological polar surface area (TPSA) is 61.4 Å². The van der Waals surface area contributed by atoms with Crippen LogP contribution in [0.25, 0.3) is 0 Å². The Hall–Kier alpha value is -1.55. The van der Waals surface area contributed by atoms with Gasteiger partial charge in [0.2, 0.25) is 0 Å². The maximum absolute atomic E-state index is 12.3. The lowest BCUT2D eigenvalue weighted by molar-refractivity contribution is 0.154. The molecule has 2 aliphatic rings. The number of aliphatic hydroxyl groups excluding tert-OH is 1. The second-order valence-corrected chi connectivity index (χ2v) is 6.68. The van der Waals surface area contributed by atoms with Gasteiger partial charge in [0.05, 0.1) is 18.2 Å². The van der Waals surface area contributed by atoms with Crippen LogP contribution in [-0.4, -0.2) is 23.3 Å². The zero-order valence-electron chi connectivity index (χ0n) is 12.8. The van der Waals surface area contributed by atoms with Crippen LogP contribution in [0.2, 0.25) is 0 Å². The predicted octanol–water partition coefficient (Wildman–Crippen LogP) is 2.44. The van der Waals surface area contributed by atoms with Gasteiger partial charge in [-0.15, -0.1) is 0 Å². The minimum atomic E-state index is -0.488. The standard InChI is InChI=1S/C17H24N2O2/c1-11-4-3-5-14-13(11)8-9-15(14)18-16(21)19-17(2,10-20)12-6-7-12/h3-5,12,15,20H,6-10H2,1-2H3,(H2,18,19,21)/t15-,17+/m0/s1. The van der Waals surface area contributed by atoms with E-state index in [4.69, 9.17) is 0 Å². The van der Waals surface area contributed by atoms with Gasteiger partial charge in [0.15, 0.2) is 0 Å². The Morgan fingerprint density at radius 1 is 1.38 bits per heavy atom. The van der Waals surface area contributed by atoms with E-state index in [2.05, 4.69) is 29.7 Å². The Labute approximate surface area is 125 Å². The Morgan fingerprint density at radius 2 is 2.14 bits per heavy atom. The summed E-state index contributed by atoms with van der Waals surface area (Å²) in [6.07, 6.45) is 4.14. The number of hydrogen-bond acceptors (Lipinski definition) is 2. The molecule has 0 unspecified atom stereocenters. The predicted molar refractivity (Wildman–Crippen MR) is 82.1 cm³/mol. The fraction of sp³-hybridized carbons (Fsp3) is 0.588. The van der Waals surface area contributed by atoms with Crippen molar-refractivity contribution >= 4 is 6.03 Å². The second-order valence-electron chi connectivity index (χ2n) is 6.68. The molecule has 114 valence electrons. The summed E-state index contributed by atoms with van der Waals surface area (Å²) in [5.74, 6) is 0.409. The van der Waals surface area contributed by atoms with Gasteiger partial charge in [0, 0.05) is 0 Å². The summed E-state index contributed by atoms with van der Waals surface area (Å²) in [5, 5.41) is 15.6. The van der Waals surface area contributed by atoms with E-state index in [-0.39, 0.29) is 18.7 Å². The largest absolute Gasteiger partial charge is 0.394 e. The van der Waals surface area contributed by atoms with Gasteiger partial charge in [-0.25, -0.2) is 4.79 Å². The molecule has 4 nitrogen and oxygen atoms in total. The van der Waals surface area contributed by atoms with Crippen molar-refractivity contribution in [2.45, 2.75) is 51.1 Å². The number of aryl methyl sites for hydroxylation is 1. The number of carbonyl (C=O) groups is 1. The SMILES string of the molecule is Cc1cccc2c1CC[C@@H]2NC(=O)N[C@](C)(CO)C1CC1. The molecule has 3 N–H and O–H groups in total. The molecule has 0 heterocycles. The van der Waals surface area contributed by atoms with Crippen molar-refractivity contribution in [1.82, 2.24) is 10.6 Å². The zero-order valence-corrected chi connectivity index (χ0v) is 12.8. The number of benzene rings is 1. The van der Waals surface area contributed by atoms with Crippen molar-refractivity contribution in [3.05, 3.63) is 34.9 Å². The van der Waals surface area contributed by atoms with Crippen LogP contribution < -0.4 is 10.6 Å². The molecule has 1 aromatic carbocycles. The molecule has 0 radical (unpaired) electrons. The van der Waals surface area contributed by atoms with Crippen LogP contribution in [0.15, 0.2) is 18.2 Å². The highest BCUT2D eigenvalue weighted by Gasteiger charge is 2.42. The average molecular weight is 288 g/mol. The van der Waals surface area contributed by atoms with Gasteiger partial charge in [-0.1, -0.05) is 18.2 Å². The molecule has 0 spiro atoms. The molecule has 0 bridgehead atoms. The number of fused-ring (bicyclic) bond motifs is 1. The van der Waals surface area contributed by atoms with Gasteiger partial charge >= 0.3 is 6.03 Å². The molecule has 1 fully saturated rings. The highest BCUT2D eigenvalue weighted by atomic mass is 16.3. The van der Waals surface area contributed by atoms with E-state index in [1.165, 1.54) is 16.7 Å². The van der Waals surface area contributed by atoms with Gasteiger partial charge in [-0.05, 0) is 62.1 Å². The molecule has 3 rings (SSSR count). The molecule has 1 saturated carbocycles. The van der Waals surface area contributed by atoms with Crippen LogP contribution in [0.1, 0.15) is 48.9 Å². The first-order valence-corrected chi connectivity index (χ1v) is 7.81. The Kier molecular flexibility index (Phi) is 3.66. The normalized spacial score (nSPS) is 23.3. The number of hydrogen-bond donors (Lipinski definition) is 3. The molecular formula is C17H24N2O2. The van der Waals surface area contributed by atoms with E-state index in [0.29, 0.717) is 5.92 Å². The van der Waals surface area contributed by atoms with Crippen molar-refractivity contribution in [1.29, 1.82) is 0 Å². The fourth-order valence-corrected chi connectivity index (χ4v) is 3.43. The molecular weight excluding hydrogens is 264 g/mol. The first kappa shape index (κ1) is 14.4. The molecule has 2 amide bonds. The summed E-state index contributed by atoms with van der Waals surface area (Å²) >= 11 is 0. The number of amides is 2. The fourth-order valence-electron chi connectivity index (χ4n) is 3.43. The number of urea groups is 1. The first-order valence-electron chi connectivity index (χ1n) is 7.81. The number of aliphatic hydroxyl groups is 1. The monoisotopic (exact) mass is 288 g/mol. The van der Waals surface area contributed by atoms with E-state index in [0.717, 1.165) is 25.7 Å². The maximum Gasteiger partial charge on any atom is 0.315 e. The summed E-state index contributed by atoms with van der Waals surface area (Å²) < 4.78 is 0. The summed E-state index contributed by atoms with van der Waals surface area (Å²) in [4.78, 5) is 12.3. The highest BCUT2D eigenvalue weighted by molar-refractivity contribution is 5.75. The van der Waals surface area contributed by atoms with E-state index in [1.807, 2.05) is 13.0 Å². The minimum absolute atomic E-state index is 0.00848. The van der Waals surface area contributed by atoms with Crippen LogP contribution in [0.5, 0.6) is 0 Å². The van der Waals surface area contributed by atoms with Gasteiger partial charge in [-0.2, -0.15) is 0 Å². The molecule has 4 heteroatoms. The summed E-state index contributed by atoms with van der Waals surface area (Å²) in [7, 11) is 0. The maximum atomic E-state index is 12.3. The van der Waals surface area contributed by atoms with Crippen molar-refractivity contribution in [3.8, 4) is 0 Å². The lowest BCUT2D eigenvalue weighted by Gasteiger charge is -2.29. The van der Waals surface area contributed by atoms with Crippen LogP contribution in [0.3, 0.4) is 0 Å². The van der Waals surface area contributed by atoms with Crippen molar-refractivity contribution in [2.75, 3.05) is 6.61 Å². The van der Waals surface area contributed by atoms with E-state index in [9.17, 15) is 9.90 Å². The lowest BCUT2D eigenvalue weighted by atomic mass is 9.97. The Bertz CT molecular complexity index is 554. The average Bonchev–Trinajstić information content (AvgIpc) is 3.23. The quantitative estimate of drug-likeness (QED) is 0.797. The zero-order chi connectivity index (χ0) is 15.0. The van der Waals surface area contributed by atoms with Gasteiger partial charge in [0.1, 0.15) is 0 Å². The minimum Gasteiger partial charge on any atom is -0.394 e. The third-order valence-electron chi connectivity index (χ3n) is 5.02. The van der Waals surface area contributed by atoms with Gasteiger partial charge in [0.25, 0.3) is 0 Å². The Morgan fingerprint density at radius 3 is 2.81 bits per heavy atom. The number of nitrogens with one attached hydrogen (secondary N) is 2. The molecule has 0 aliphatic heterocycles. The molecule has 2 aliphatic carbocycles. The number of carbonyl (C=O) groups excluding carboxylic acids is 1. The van der Waals surface area contributed by atoms with Gasteiger partial charge < -0.3 is 15.7 Å². The summed E-state index contributed by atoms with van der Waals surface area (Å²) in [6, 6.07) is 6.19. The molecule has 0 saturated heterocycles. The molecule has 0 aromatic heterocycles. The van der Waals surface area contributed by atoms with E-state index in [1.54, 1.807) is 0 Å². The second kappa shape index (κ2) is 5.34. The van der Waals surface area contributed by atoms with Crippen LogP contribution in [0.4, 0.5) is 4.79 Å². The molecule has 2 atom stereocenters. The summed E-state index contributed by atoms with van der Waals surface area (Å²) in [6.45, 7) is 4.04. The molecule has 21 heavy (non-hydrogen) atoms. The van der Waals surface area contributed by atoms with E-state index >= 15 is 0 Å². The van der Waals surface area contributed by atoms with Crippen LogP contribution in [0, 0.1) is 12.8 Å². The van der Waals surface area contributed by atoms with Crippen molar-refractivity contribution in [3.63, 3.8) is 0 Å². The van der Waals surface area contributed by atoms with Crippen molar-refractivity contribution in [2.24, 2.45) is 5.92 Å². The lowest BCUT2D eigenvalue weighted by Crippen LogP contribution is -2.54. The smallest absolute Gasteiger partial charge is 0.315 e. The van der Waals surface area contributed by atoms with E-state index < -0.39 is 5.54 Å². The van der Waals surface area contributed by atoms with Gasteiger partial charge in [-0.3, -0.25) is 0 Å². The van der Waals surface area contributed by atoms with Crippen molar-refractivity contribution < 1.29 is 9.90 Å². The van der Waals surface area contributed by atoms with Crippen LogP contribution in [-0.2, 0) is 6.42 Å². The Balaban J connectivity index is 1.66. The molecule has 1 aromatic rings. The third kappa shape index (κ3) is 2.77. The number of rotatable bonds is 4. The first-order chi connectivity index (χ1) is 10.0. The van der Waals surface area contributed by atoms with Crippen LogP contribution >= 0.6 is 0 Å². The highest BCUT2D eigenvalue weighted by Crippen LogP contribution is 2.39. The summed E-state index contributed by atoms with van der Waals surface area (Å²) in [5.41, 5.74) is 3.42.